The molecule has 10 heteroatoms. The minimum atomic E-state index is -6.43. The van der Waals surface area contributed by atoms with E-state index in [1.807, 2.05) is 0 Å². The summed E-state index contributed by atoms with van der Waals surface area (Å²) in [5.74, 6) is -10.4. The lowest BCUT2D eigenvalue weighted by atomic mass is 10.2. The van der Waals surface area contributed by atoms with Crippen molar-refractivity contribution in [3.05, 3.63) is 24.3 Å². The van der Waals surface area contributed by atoms with E-state index < -0.39 is 34.4 Å². The normalized spacial score (nSPS) is 13.4. The molecule has 0 heterocycles. The Morgan fingerprint density at radius 1 is 1.00 bits per heavy atom. The fraction of sp³-hybridized carbons (Fsp3) is 0.222. The summed E-state index contributed by atoms with van der Waals surface area (Å²) in [7, 11) is 0. The molecule has 0 spiro atoms. The van der Waals surface area contributed by atoms with Gasteiger partial charge in [-0.3, -0.25) is 0 Å². The number of amides is 1. The first-order valence-corrected chi connectivity index (χ1v) is 4.48. The number of hydrogen-bond acceptors (Lipinski definition) is 2. The SMILES string of the molecule is O=C(C(F)(F)C(F)(F)F)[N+](F)(F)c1ccc(O)cc1. The van der Waals surface area contributed by atoms with Crippen molar-refractivity contribution < 1.29 is 40.8 Å². The summed E-state index contributed by atoms with van der Waals surface area (Å²) < 4.78 is 87.1. The fourth-order valence-corrected chi connectivity index (χ4v) is 1.05. The summed E-state index contributed by atoms with van der Waals surface area (Å²) in [6, 6.07) is 1.92. The molecule has 0 atom stereocenters. The van der Waals surface area contributed by atoms with Crippen molar-refractivity contribution in [1.29, 1.82) is 0 Å². The van der Waals surface area contributed by atoms with Crippen LogP contribution in [0.2, 0.25) is 0 Å². The summed E-state index contributed by atoms with van der Waals surface area (Å²) >= 11 is 0. The highest BCUT2D eigenvalue weighted by Gasteiger charge is 2.73. The molecule has 0 radical (unpaired) electrons. The predicted octanol–water partition coefficient (Wildman–Crippen LogP) is 3.19. The molecule has 1 amide bonds. The van der Waals surface area contributed by atoms with E-state index in [1.54, 1.807) is 0 Å². The van der Waals surface area contributed by atoms with E-state index in [0.717, 1.165) is 0 Å². The van der Waals surface area contributed by atoms with Gasteiger partial charge in [0.05, 0.1) is 8.96 Å². The molecule has 1 rings (SSSR count). The zero-order valence-corrected chi connectivity index (χ0v) is 8.76. The second-order valence-electron chi connectivity index (χ2n) is 3.41. The number of benzene rings is 1. The summed E-state index contributed by atoms with van der Waals surface area (Å²) in [6.07, 6.45) is -6.43. The summed E-state index contributed by atoms with van der Waals surface area (Å²) in [6.45, 7) is 0. The molecule has 0 aliphatic carbocycles. The molecule has 0 fully saturated rings. The Morgan fingerprint density at radius 2 is 1.42 bits per heavy atom. The van der Waals surface area contributed by atoms with E-state index in [-0.39, 0.29) is 0 Å². The van der Waals surface area contributed by atoms with Crippen LogP contribution in [0.4, 0.5) is 36.6 Å². The Hall–Kier alpha value is -1.84. The molecule has 0 unspecified atom stereocenters. The van der Waals surface area contributed by atoms with Crippen LogP contribution in [0.1, 0.15) is 0 Å². The van der Waals surface area contributed by atoms with Crippen molar-refractivity contribution in [2.45, 2.75) is 12.1 Å². The van der Waals surface area contributed by atoms with Crippen molar-refractivity contribution in [1.82, 2.24) is 4.93 Å². The topological polar surface area (TPSA) is 37.3 Å². The van der Waals surface area contributed by atoms with Gasteiger partial charge in [0.15, 0.2) is 4.93 Å². The third kappa shape index (κ3) is 2.62. The van der Waals surface area contributed by atoms with E-state index in [1.165, 1.54) is 0 Å². The van der Waals surface area contributed by atoms with Gasteiger partial charge in [-0.25, -0.2) is 4.79 Å². The number of halogens is 7. The molecule has 0 bridgehead atoms. The molecule has 1 aromatic carbocycles. The van der Waals surface area contributed by atoms with Crippen LogP contribution >= 0.6 is 0 Å². The number of carbonyl (C=O) groups excluding carboxylic acids is 1. The molecule has 3 nitrogen and oxygen atoms in total. The van der Waals surface area contributed by atoms with Crippen LogP contribution < -0.4 is 4.93 Å². The number of hydrogen-bond donors (Lipinski definition) is 1. The monoisotopic (exact) mass is 292 g/mol. The molecule has 1 aromatic rings. The Balaban J connectivity index is 3.20. The van der Waals surface area contributed by atoms with E-state index in [2.05, 4.69) is 0 Å². The number of aromatic hydroxyl groups is 1. The smallest absolute Gasteiger partial charge is 0.476 e. The highest BCUT2D eigenvalue weighted by atomic mass is 19.4. The highest BCUT2D eigenvalue weighted by molar-refractivity contribution is 5.91. The average Bonchev–Trinajstić information content (AvgIpc) is 2.27. The number of quaternary nitrogens is 1. The lowest BCUT2D eigenvalue weighted by molar-refractivity contribution is -0.289. The van der Waals surface area contributed by atoms with Gasteiger partial charge >= 0.3 is 18.0 Å². The van der Waals surface area contributed by atoms with Crippen LogP contribution in [0, 0.1) is 0 Å². The first-order chi connectivity index (χ1) is 8.40. The maximum atomic E-state index is 13.2. The molecule has 0 aromatic heterocycles. The van der Waals surface area contributed by atoms with Crippen LogP contribution in [0.15, 0.2) is 24.3 Å². The van der Waals surface area contributed by atoms with Crippen LogP contribution in [0.5, 0.6) is 5.75 Å². The van der Waals surface area contributed by atoms with Crippen LogP contribution in [-0.4, -0.2) is 23.1 Å². The number of carbonyl (C=O) groups is 1. The molecule has 0 aliphatic heterocycles. The van der Waals surface area contributed by atoms with Gasteiger partial charge < -0.3 is 5.11 Å². The quantitative estimate of drug-likeness (QED) is 0.671. The Kier molecular flexibility index (Phi) is 3.50. The van der Waals surface area contributed by atoms with Gasteiger partial charge in [0, 0.05) is 12.1 Å². The van der Waals surface area contributed by atoms with Gasteiger partial charge in [-0.1, -0.05) is 0 Å². The first kappa shape index (κ1) is 15.2. The fourth-order valence-electron chi connectivity index (χ4n) is 1.05. The minimum Gasteiger partial charge on any atom is -0.508 e. The summed E-state index contributed by atoms with van der Waals surface area (Å²) in [5, 5.41) is 8.79. The van der Waals surface area contributed by atoms with Crippen molar-refractivity contribution >= 4 is 11.6 Å². The van der Waals surface area contributed by atoms with Crippen molar-refractivity contribution in [2.24, 2.45) is 0 Å². The number of nitrogens with zero attached hydrogens (tertiary/aromatic N) is 1. The van der Waals surface area contributed by atoms with Gasteiger partial charge in [0.2, 0.25) is 5.69 Å². The Labute approximate surface area is 100 Å². The summed E-state index contributed by atoms with van der Waals surface area (Å²) in [4.78, 5) is 6.41. The predicted molar refractivity (Wildman–Crippen MR) is 48.1 cm³/mol. The van der Waals surface area contributed by atoms with E-state index in [4.69, 9.17) is 5.11 Å². The molecular formula is C9H5F7NO2+. The molecule has 0 saturated heterocycles. The third-order valence-corrected chi connectivity index (χ3v) is 2.05. The number of alkyl halides is 5. The average molecular weight is 292 g/mol. The van der Waals surface area contributed by atoms with Crippen LogP contribution in [0.3, 0.4) is 0 Å². The van der Waals surface area contributed by atoms with Crippen LogP contribution in [0.25, 0.3) is 0 Å². The number of phenols is 1. The van der Waals surface area contributed by atoms with Crippen molar-refractivity contribution in [2.75, 3.05) is 0 Å². The first-order valence-electron chi connectivity index (χ1n) is 4.48. The molecular weight excluding hydrogens is 287 g/mol. The maximum Gasteiger partial charge on any atom is 0.476 e. The standard InChI is InChI=1S/C9H4F7NO2/c10-8(11,9(12,13)14)7(19)17(15,16)5-1-3-6(18)4-2-5/h1-4H/p+1. The zero-order chi connectivity index (χ0) is 15.1. The van der Waals surface area contributed by atoms with E-state index >= 15 is 0 Å². The van der Waals surface area contributed by atoms with Gasteiger partial charge in [-0.15, -0.1) is 0 Å². The second kappa shape index (κ2) is 4.37. The minimum absolute atomic E-state index is 0.347. The van der Waals surface area contributed by atoms with Gasteiger partial charge in [-0.2, -0.15) is 22.0 Å². The van der Waals surface area contributed by atoms with Crippen LogP contribution in [-0.2, 0) is 4.79 Å². The zero-order valence-electron chi connectivity index (χ0n) is 8.76. The maximum absolute atomic E-state index is 13.2. The Bertz CT molecular complexity index is 480. The Morgan fingerprint density at radius 3 is 1.79 bits per heavy atom. The largest absolute Gasteiger partial charge is 0.508 e. The molecule has 0 aliphatic rings. The summed E-state index contributed by atoms with van der Waals surface area (Å²) in [5.41, 5.74) is -1.44. The van der Waals surface area contributed by atoms with Gasteiger partial charge in [0.1, 0.15) is 5.75 Å². The molecule has 106 valence electrons. The van der Waals surface area contributed by atoms with E-state index in [0.29, 0.717) is 24.3 Å². The van der Waals surface area contributed by atoms with Gasteiger partial charge in [0.25, 0.3) is 0 Å². The number of rotatable bonds is 2. The molecule has 19 heavy (non-hydrogen) atoms. The lowest BCUT2D eigenvalue weighted by Gasteiger charge is -2.19. The highest BCUT2D eigenvalue weighted by Crippen LogP contribution is 2.41. The van der Waals surface area contributed by atoms with Crippen molar-refractivity contribution in [3.8, 4) is 5.75 Å². The van der Waals surface area contributed by atoms with E-state index in [9.17, 15) is 35.7 Å². The van der Waals surface area contributed by atoms with Gasteiger partial charge in [-0.05, 0) is 12.1 Å². The second-order valence-corrected chi connectivity index (χ2v) is 3.41. The molecule has 0 saturated carbocycles. The van der Waals surface area contributed by atoms with Crippen molar-refractivity contribution in [3.63, 3.8) is 0 Å². The molecule has 1 N–H and O–H groups in total. The lowest BCUT2D eigenvalue weighted by Crippen LogP contribution is -2.56. The third-order valence-electron chi connectivity index (χ3n) is 2.05. The number of phenolic OH excluding ortho intramolecular Hbond substituents is 1.